The van der Waals surface area contributed by atoms with Crippen molar-refractivity contribution in [3.05, 3.63) is 59.2 Å². The van der Waals surface area contributed by atoms with E-state index in [9.17, 15) is 18.0 Å². The second kappa shape index (κ2) is 7.89. The zero-order valence-electron chi connectivity index (χ0n) is 15.8. The standard InChI is InChI=1S/C20H20F3N3OS/c1-13-7-8-16-17(11-13)28-19(24-16)26(10-9-25(2)3)18(27)14-5-4-6-15(12-14)20(21,22)23/h4-8,11-12H,9-10H2,1-3H3/p+1. The van der Waals surface area contributed by atoms with Crippen molar-refractivity contribution in [3.8, 4) is 0 Å². The molecule has 0 saturated heterocycles. The number of amides is 1. The lowest BCUT2D eigenvalue weighted by Gasteiger charge is -2.21. The van der Waals surface area contributed by atoms with E-state index in [1.807, 2.05) is 39.2 Å². The SMILES string of the molecule is Cc1ccc2nc(N(CC[NH+](C)C)C(=O)c3cccc(C(F)(F)F)c3)sc2c1. The molecule has 1 amide bonds. The van der Waals surface area contributed by atoms with Crippen molar-refractivity contribution in [1.82, 2.24) is 4.98 Å². The van der Waals surface area contributed by atoms with Crippen LogP contribution < -0.4 is 9.80 Å². The number of aromatic nitrogens is 1. The molecular weight excluding hydrogens is 387 g/mol. The first kappa shape index (κ1) is 20.3. The number of alkyl halides is 3. The Kier molecular flexibility index (Phi) is 5.71. The summed E-state index contributed by atoms with van der Waals surface area (Å²) in [4.78, 5) is 20.2. The van der Waals surface area contributed by atoms with Crippen molar-refractivity contribution in [1.29, 1.82) is 0 Å². The summed E-state index contributed by atoms with van der Waals surface area (Å²) in [7, 11) is 3.91. The Balaban J connectivity index is 2.00. The van der Waals surface area contributed by atoms with Crippen LogP contribution >= 0.6 is 11.3 Å². The molecule has 0 spiro atoms. The fourth-order valence-corrected chi connectivity index (χ4v) is 3.83. The molecule has 0 radical (unpaired) electrons. The zero-order chi connectivity index (χ0) is 20.5. The van der Waals surface area contributed by atoms with Crippen LogP contribution in [0.4, 0.5) is 18.3 Å². The van der Waals surface area contributed by atoms with Crippen LogP contribution in [0.1, 0.15) is 21.5 Å². The highest BCUT2D eigenvalue weighted by molar-refractivity contribution is 7.22. The molecule has 1 aromatic heterocycles. The third-order valence-electron chi connectivity index (χ3n) is 4.28. The first-order valence-corrected chi connectivity index (χ1v) is 9.62. The van der Waals surface area contributed by atoms with Crippen LogP contribution in [0.15, 0.2) is 42.5 Å². The maximum Gasteiger partial charge on any atom is 0.416 e. The van der Waals surface area contributed by atoms with E-state index in [1.165, 1.54) is 28.4 Å². The lowest BCUT2D eigenvalue weighted by Crippen LogP contribution is -3.06. The number of halogens is 3. The van der Waals surface area contributed by atoms with Crippen molar-refractivity contribution in [2.75, 3.05) is 32.1 Å². The lowest BCUT2D eigenvalue weighted by molar-refractivity contribution is -0.856. The Hall–Kier alpha value is -2.45. The third-order valence-corrected chi connectivity index (χ3v) is 5.32. The number of nitrogens with one attached hydrogen (secondary N) is 1. The van der Waals surface area contributed by atoms with Crippen LogP contribution in [0.25, 0.3) is 10.2 Å². The molecule has 0 aliphatic heterocycles. The number of hydrogen-bond donors (Lipinski definition) is 1. The van der Waals surface area contributed by atoms with Gasteiger partial charge in [0, 0.05) is 5.56 Å². The molecular formula is C20H21F3N3OS+. The topological polar surface area (TPSA) is 37.6 Å². The Morgan fingerprint density at radius 2 is 1.93 bits per heavy atom. The highest BCUT2D eigenvalue weighted by Crippen LogP contribution is 2.32. The smallest absolute Gasteiger partial charge is 0.338 e. The van der Waals surface area contributed by atoms with Gasteiger partial charge >= 0.3 is 6.18 Å². The molecule has 0 unspecified atom stereocenters. The highest BCUT2D eigenvalue weighted by atomic mass is 32.1. The van der Waals surface area contributed by atoms with Gasteiger partial charge in [-0.05, 0) is 42.8 Å². The van der Waals surface area contributed by atoms with E-state index < -0.39 is 17.6 Å². The van der Waals surface area contributed by atoms with Gasteiger partial charge in [-0.25, -0.2) is 4.98 Å². The second-order valence-corrected chi connectivity index (χ2v) is 7.97. The molecule has 3 aromatic rings. The average Bonchev–Trinajstić information content (AvgIpc) is 3.03. The molecule has 4 nitrogen and oxygen atoms in total. The van der Waals surface area contributed by atoms with Crippen molar-refractivity contribution < 1.29 is 22.9 Å². The second-order valence-electron chi connectivity index (χ2n) is 6.96. The van der Waals surface area contributed by atoms with Gasteiger partial charge in [0.1, 0.15) is 0 Å². The quantitative estimate of drug-likeness (QED) is 0.703. The van der Waals surface area contributed by atoms with Crippen molar-refractivity contribution >= 4 is 32.6 Å². The van der Waals surface area contributed by atoms with Crippen molar-refractivity contribution in [2.24, 2.45) is 0 Å². The molecule has 0 aliphatic rings. The maximum absolute atomic E-state index is 13.1. The largest absolute Gasteiger partial charge is 0.416 e. The molecule has 0 atom stereocenters. The molecule has 1 heterocycles. The normalized spacial score (nSPS) is 12.0. The van der Waals surface area contributed by atoms with Crippen LogP contribution in [0.2, 0.25) is 0 Å². The minimum Gasteiger partial charge on any atom is -0.338 e. The van der Waals surface area contributed by atoms with Crippen LogP contribution in [-0.4, -0.2) is 38.1 Å². The van der Waals surface area contributed by atoms with Gasteiger partial charge < -0.3 is 4.90 Å². The Labute approximate surface area is 165 Å². The summed E-state index contributed by atoms with van der Waals surface area (Å²) in [5.41, 5.74) is 1.01. The van der Waals surface area contributed by atoms with Crippen LogP contribution in [0.3, 0.4) is 0 Å². The molecule has 2 aromatic carbocycles. The van der Waals surface area contributed by atoms with Crippen LogP contribution in [0.5, 0.6) is 0 Å². The summed E-state index contributed by atoms with van der Waals surface area (Å²) in [5.74, 6) is -0.483. The zero-order valence-corrected chi connectivity index (χ0v) is 16.6. The minimum absolute atomic E-state index is 0.000909. The van der Waals surface area contributed by atoms with Crippen molar-refractivity contribution in [2.45, 2.75) is 13.1 Å². The molecule has 0 bridgehead atoms. The molecule has 28 heavy (non-hydrogen) atoms. The molecule has 0 fully saturated rings. The Morgan fingerprint density at radius 1 is 1.18 bits per heavy atom. The fourth-order valence-electron chi connectivity index (χ4n) is 2.74. The number of carbonyl (C=O) groups is 1. The predicted molar refractivity (Wildman–Crippen MR) is 105 cm³/mol. The van der Waals surface area contributed by atoms with Gasteiger partial charge in [-0.1, -0.05) is 23.5 Å². The minimum atomic E-state index is -4.50. The van der Waals surface area contributed by atoms with Crippen LogP contribution in [-0.2, 0) is 6.18 Å². The first-order valence-electron chi connectivity index (χ1n) is 8.80. The highest BCUT2D eigenvalue weighted by Gasteiger charge is 2.32. The Morgan fingerprint density at radius 3 is 2.61 bits per heavy atom. The molecule has 0 aliphatic carbocycles. The molecule has 8 heteroatoms. The number of anilines is 1. The first-order chi connectivity index (χ1) is 13.1. The summed E-state index contributed by atoms with van der Waals surface area (Å²) >= 11 is 1.37. The number of aryl methyl sites for hydroxylation is 1. The number of benzene rings is 2. The number of thiazole rings is 1. The van der Waals surface area contributed by atoms with E-state index in [4.69, 9.17) is 0 Å². The van der Waals surface area contributed by atoms with Gasteiger partial charge in [0.25, 0.3) is 5.91 Å². The monoisotopic (exact) mass is 408 g/mol. The third kappa shape index (κ3) is 4.51. The molecule has 148 valence electrons. The van der Waals surface area contributed by atoms with Gasteiger partial charge in [-0.15, -0.1) is 0 Å². The predicted octanol–water partition coefficient (Wildman–Crippen LogP) is 3.41. The molecule has 0 saturated carbocycles. The van der Waals surface area contributed by atoms with Crippen molar-refractivity contribution in [3.63, 3.8) is 0 Å². The summed E-state index contributed by atoms with van der Waals surface area (Å²) < 4.78 is 40.1. The van der Waals surface area contributed by atoms with Gasteiger partial charge in [0.05, 0.1) is 43.0 Å². The number of quaternary nitrogens is 1. The Bertz CT molecular complexity index is 998. The van der Waals surface area contributed by atoms with Gasteiger partial charge in [0.15, 0.2) is 5.13 Å². The van der Waals surface area contributed by atoms with E-state index in [1.54, 1.807) is 0 Å². The summed E-state index contributed by atoms with van der Waals surface area (Å²) in [6.45, 7) is 2.97. The van der Waals surface area contributed by atoms with Gasteiger partial charge in [-0.2, -0.15) is 13.2 Å². The van der Waals surface area contributed by atoms with E-state index in [2.05, 4.69) is 4.98 Å². The number of fused-ring (bicyclic) bond motifs is 1. The number of rotatable bonds is 5. The van der Waals surface area contributed by atoms with E-state index >= 15 is 0 Å². The van der Waals surface area contributed by atoms with Gasteiger partial charge in [0.2, 0.25) is 0 Å². The van der Waals surface area contributed by atoms with E-state index in [0.29, 0.717) is 18.2 Å². The lowest BCUT2D eigenvalue weighted by atomic mass is 10.1. The van der Waals surface area contributed by atoms with Gasteiger partial charge in [-0.3, -0.25) is 9.69 Å². The van der Waals surface area contributed by atoms with E-state index in [0.717, 1.165) is 32.8 Å². The number of likely N-dealkylation sites (N-methyl/N-ethyl adjacent to an activating group) is 1. The summed E-state index contributed by atoms with van der Waals surface area (Å²) in [5, 5.41) is 0.490. The summed E-state index contributed by atoms with van der Waals surface area (Å²) in [6, 6.07) is 10.3. The fraction of sp³-hybridized carbons (Fsp3) is 0.300. The molecule has 3 rings (SSSR count). The summed E-state index contributed by atoms with van der Waals surface area (Å²) in [6.07, 6.45) is -4.50. The van der Waals surface area contributed by atoms with E-state index in [-0.39, 0.29) is 5.56 Å². The number of hydrogen-bond acceptors (Lipinski definition) is 3. The maximum atomic E-state index is 13.1. The number of carbonyl (C=O) groups excluding carboxylic acids is 1. The van der Waals surface area contributed by atoms with Crippen LogP contribution in [0, 0.1) is 6.92 Å². The number of nitrogens with zero attached hydrogens (tertiary/aromatic N) is 2. The molecule has 1 N–H and O–H groups in total. The average molecular weight is 408 g/mol.